The molecule has 3 fully saturated rings. The van der Waals surface area contributed by atoms with E-state index in [2.05, 4.69) is 9.80 Å². The van der Waals surface area contributed by atoms with Crippen molar-refractivity contribution in [1.82, 2.24) is 9.80 Å². The van der Waals surface area contributed by atoms with Crippen LogP contribution in [0.1, 0.15) is 73.7 Å². The van der Waals surface area contributed by atoms with Gasteiger partial charge in [0.15, 0.2) is 5.78 Å². The number of benzene rings is 3. The second-order valence-electron chi connectivity index (χ2n) is 12.8. The van der Waals surface area contributed by atoms with E-state index in [9.17, 15) is 9.90 Å². The summed E-state index contributed by atoms with van der Waals surface area (Å²) in [7, 11) is 0. The van der Waals surface area contributed by atoms with Gasteiger partial charge in [-0.15, -0.1) is 11.3 Å². The first-order valence-corrected chi connectivity index (χ1v) is 17.7. The predicted octanol–water partition coefficient (Wildman–Crippen LogP) is 8.16. The third-order valence-corrected chi connectivity index (χ3v) is 11.0. The lowest BCUT2D eigenvalue weighted by Gasteiger charge is -2.41. The van der Waals surface area contributed by atoms with Gasteiger partial charge < -0.3 is 14.6 Å². The summed E-state index contributed by atoms with van der Waals surface area (Å²) in [6.45, 7) is 6.28. The van der Waals surface area contributed by atoms with Gasteiger partial charge in [0.25, 0.3) is 0 Å². The fraction of sp³-hybridized carbons (Fsp3) is 0.447. The summed E-state index contributed by atoms with van der Waals surface area (Å²) in [5.41, 5.74) is 2.07. The maximum atomic E-state index is 14.2. The van der Waals surface area contributed by atoms with Gasteiger partial charge in [-0.05, 0) is 137 Å². The Morgan fingerprint density at radius 3 is 2.29 bits per heavy atom. The lowest BCUT2D eigenvalue weighted by molar-refractivity contribution is 0.0261. The van der Waals surface area contributed by atoms with Crippen molar-refractivity contribution < 1.29 is 19.4 Å². The van der Waals surface area contributed by atoms with Crippen LogP contribution in [0.3, 0.4) is 0 Å². The molecule has 3 aromatic carbocycles. The highest BCUT2D eigenvalue weighted by Gasteiger charge is 2.32. The molecule has 7 heteroatoms. The fourth-order valence-corrected chi connectivity index (χ4v) is 8.66. The van der Waals surface area contributed by atoms with Crippen LogP contribution in [0, 0.1) is 0 Å². The molecule has 3 heterocycles. The minimum atomic E-state index is -0.0981. The van der Waals surface area contributed by atoms with Crippen molar-refractivity contribution in [2.45, 2.75) is 69.9 Å². The highest BCUT2D eigenvalue weighted by atomic mass is 32.1. The normalized spacial score (nSPS) is 21.2. The lowest BCUT2D eigenvalue weighted by atomic mass is 9.90. The highest BCUT2D eigenvalue weighted by molar-refractivity contribution is 7.22. The minimum Gasteiger partial charge on any atom is -0.507 e. The molecule has 0 bridgehead atoms. The molecule has 1 N–H and O–H groups in total. The van der Waals surface area contributed by atoms with Gasteiger partial charge in [-0.2, -0.15) is 0 Å². The van der Waals surface area contributed by atoms with Crippen molar-refractivity contribution in [3.63, 3.8) is 0 Å². The number of hydrogen-bond donors (Lipinski definition) is 1. The maximum Gasteiger partial charge on any atom is 0.195 e. The van der Waals surface area contributed by atoms with E-state index in [4.69, 9.17) is 9.47 Å². The maximum absolute atomic E-state index is 14.2. The van der Waals surface area contributed by atoms with E-state index in [-0.39, 0.29) is 17.6 Å². The molecule has 0 amide bonds. The number of thiophene rings is 1. The average molecular weight is 625 g/mol. The fourth-order valence-electron chi connectivity index (χ4n) is 7.44. The lowest BCUT2D eigenvalue weighted by Crippen LogP contribution is -2.49. The van der Waals surface area contributed by atoms with E-state index < -0.39 is 0 Å². The number of phenolic OH excluding ortho intramolecular Hbond substituents is 1. The number of phenols is 1. The number of ether oxygens (including phenoxy) is 2. The summed E-state index contributed by atoms with van der Waals surface area (Å²) in [4.78, 5) is 20.1. The van der Waals surface area contributed by atoms with Gasteiger partial charge >= 0.3 is 0 Å². The first kappa shape index (κ1) is 30.3. The molecule has 6 nitrogen and oxygen atoms in total. The van der Waals surface area contributed by atoms with Gasteiger partial charge in [-0.3, -0.25) is 14.6 Å². The Kier molecular flexibility index (Phi) is 9.38. The van der Waals surface area contributed by atoms with Gasteiger partial charge in [-0.25, -0.2) is 0 Å². The number of aromatic hydroxyl groups is 1. The number of likely N-dealkylation sites (tertiary alicyclic amines) is 2. The van der Waals surface area contributed by atoms with Crippen LogP contribution >= 0.6 is 11.3 Å². The Balaban J connectivity index is 1.10. The Labute approximate surface area is 270 Å². The Hall–Kier alpha value is -3.39. The molecule has 2 atom stereocenters. The molecule has 45 heavy (non-hydrogen) atoms. The SMILES string of the molecule is O=C(c1ccc(OC2CCCCC2N2CCCCC2)cc1)c1c(-c2ccc(OCCN3CCCC3)cc2)sc2cccc(O)c12. The molecule has 1 saturated carbocycles. The smallest absolute Gasteiger partial charge is 0.195 e. The summed E-state index contributed by atoms with van der Waals surface area (Å²) in [5.74, 6) is 1.67. The number of fused-ring (bicyclic) bond motifs is 1. The quantitative estimate of drug-likeness (QED) is 0.180. The first-order valence-electron chi connectivity index (χ1n) is 16.9. The van der Waals surface area contributed by atoms with Gasteiger partial charge in [0.2, 0.25) is 0 Å². The number of carbonyl (C=O) groups is 1. The molecule has 7 rings (SSSR count). The zero-order chi connectivity index (χ0) is 30.6. The number of ketones is 1. The number of piperidine rings is 1. The predicted molar refractivity (Wildman–Crippen MR) is 182 cm³/mol. The largest absolute Gasteiger partial charge is 0.507 e. The van der Waals surface area contributed by atoms with Crippen LogP contribution in [0.5, 0.6) is 17.2 Å². The molecular formula is C38H44N2O4S. The molecule has 236 valence electrons. The Morgan fingerprint density at radius 1 is 0.800 bits per heavy atom. The van der Waals surface area contributed by atoms with Crippen molar-refractivity contribution in [2.24, 2.45) is 0 Å². The number of rotatable bonds is 10. The molecule has 0 radical (unpaired) electrons. The molecule has 2 unspecified atom stereocenters. The van der Waals surface area contributed by atoms with E-state index >= 15 is 0 Å². The molecular weight excluding hydrogens is 580 g/mol. The van der Waals surface area contributed by atoms with Crippen molar-refractivity contribution in [1.29, 1.82) is 0 Å². The summed E-state index contributed by atoms with van der Waals surface area (Å²) in [6, 6.07) is 21.6. The third kappa shape index (κ3) is 6.76. The topological polar surface area (TPSA) is 62.2 Å². The highest BCUT2D eigenvalue weighted by Crippen LogP contribution is 2.44. The van der Waals surface area contributed by atoms with Gasteiger partial charge in [0.1, 0.15) is 30.0 Å². The van der Waals surface area contributed by atoms with Gasteiger partial charge in [0.05, 0.1) is 5.56 Å². The zero-order valence-corrected chi connectivity index (χ0v) is 26.9. The van der Waals surface area contributed by atoms with Crippen molar-refractivity contribution in [3.8, 4) is 27.7 Å². The van der Waals surface area contributed by atoms with Crippen molar-refractivity contribution in [2.75, 3.05) is 39.3 Å². The first-order chi connectivity index (χ1) is 22.1. The van der Waals surface area contributed by atoms with E-state index in [1.165, 1.54) is 75.8 Å². The van der Waals surface area contributed by atoms with Crippen LogP contribution in [0.15, 0.2) is 66.7 Å². The molecule has 3 aliphatic rings. The standard InChI is InChI=1S/C38H44N2O4S/c41-32-10-8-12-34-35(32)36(38(45-34)28-15-17-29(18-16-28)43-26-25-39-21-6-7-22-39)37(42)27-13-19-30(20-14-27)44-33-11-3-2-9-31(33)40-23-4-1-5-24-40/h8,10,12-20,31,33,41H,1-7,9,11,21-26H2. The van der Waals surface area contributed by atoms with Crippen LogP contribution in [-0.4, -0.2) is 72.2 Å². The monoisotopic (exact) mass is 624 g/mol. The molecule has 2 aliphatic heterocycles. The third-order valence-electron chi connectivity index (χ3n) is 9.84. The molecule has 1 aromatic heterocycles. The zero-order valence-electron chi connectivity index (χ0n) is 26.1. The summed E-state index contributed by atoms with van der Waals surface area (Å²) >= 11 is 1.54. The number of hydrogen-bond acceptors (Lipinski definition) is 7. The van der Waals surface area contributed by atoms with Crippen LogP contribution in [-0.2, 0) is 0 Å². The van der Waals surface area contributed by atoms with Crippen LogP contribution in [0.2, 0.25) is 0 Å². The average Bonchev–Trinajstić information content (AvgIpc) is 3.75. The Morgan fingerprint density at radius 2 is 1.51 bits per heavy atom. The summed E-state index contributed by atoms with van der Waals surface area (Å²) < 4.78 is 13.5. The minimum absolute atomic E-state index is 0.0981. The van der Waals surface area contributed by atoms with Crippen LogP contribution < -0.4 is 9.47 Å². The van der Waals surface area contributed by atoms with E-state index in [0.29, 0.717) is 29.2 Å². The second kappa shape index (κ2) is 13.9. The van der Waals surface area contributed by atoms with Crippen molar-refractivity contribution >= 4 is 27.2 Å². The van der Waals surface area contributed by atoms with E-state index in [1.807, 2.05) is 60.7 Å². The summed E-state index contributed by atoms with van der Waals surface area (Å²) in [5, 5.41) is 11.5. The van der Waals surface area contributed by atoms with Crippen molar-refractivity contribution in [3.05, 3.63) is 77.9 Å². The molecule has 2 saturated heterocycles. The van der Waals surface area contributed by atoms with E-state index in [1.54, 1.807) is 6.07 Å². The molecule has 4 aromatic rings. The van der Waals surface area contributed by atoms with Crippen LogP contribution in [0.25, 0.3) is 20.5 Å². The summed E-state index contributed by atoms with van der Waals surface area (Å²) in [6.07, 6.45) is 11.4. The van der Waals surface area contributed by atoms with Gasteiger partial charge in [-0.1, -0.05) is 18.9 Å². The second-order valence-corrected chi connectivity index (χ2v) is 13.9. The number of nitrogens with zero attached hydrogens (tertiary/aromatic N) is 2. The molecule has 1 aliphatic carbocycles. The molecule has 0 spiro atoms. The van der Waals surface area contributed by atoms with E-state index in [0.717, 1.165) is 52.7 Å². The van der Waals surface area contributed by atoms with Gasteiger partial charge in [0, 0.05) is 33.1 Å². The Bertz CT molecular complexity index is 1590. The van der Waals surface area contributed by atoms with Crippen LogP contribution in [0.4, 0.5) is 0 Å². The number of carbonyl (C=O) groups excluding carboxylic acids is 1.